The van der Waals surface area contributed by atoms with Crippen LogP contribution in [-0.4, -0.2) is 23.6 Å². The molecule has 0 atom stereocenters. The van der Waals surface area contributed by atoms with E-state index in [9.17, 15) is 9.59 Å². The Labute approximate surface area is 141 Å². The first-order valence-corrected chi connectivity index (χ1v) is 8.23. The molecule has 1 amide bonds. The normalized spacial score (nSPS) is 10.5. The number of nitrogens with one attached hydrogen (secondary N) is 1. The molecule has 0 heterocycles. The van der Waals surface area contributed by atoms with Crippen LogP contribution in [0.25, 0.3) is 10.8 Å². The van der Waals surface area contributed by atoms with Gasteiger partial charge in [-0.15, -0.1) is 0 Å². The van der Waals surface area contributed by atoms with Gasteiger partial charge in [0.2, 0.25) is 5.91 Å². The number of hydrogen-bond donors (Lipinski definition) is 2. The maximum atomic E-state index is 11.8. The Balaban J connectivity index is 2.16. The summed E-state index contributed by atoms with van der Waals surface area (Å²) in [4.78, 5) is 22.4. The lowest BCUT2D eigenvalue weighted by atomic mass is 10.0. The van der Waals surface area contributed by atoms with Gasteiger partial charge in [0.15, 0.2) is 0 Å². The Morgan fingerprint density at radius 3 is 2.67 bits per heavy atom. The van der Waals surface area contributed by atoms with E-state index in [4.69, 9.17) is 9.84 Å². The summed E-state index contributed by atoms with van der Waals surface area (Å²) in [6.07, 6.45) is 1.83. The van der Waals surface area contributed by atoms with Crippen molar-refractivity contribution in [2.45, 2.75) is 39.2 Å². The van der Waals surface area contributed by atoms with Gasteiger partial charge in [0.05, 0.1) is 13.0 Å². The molecule has 0 aliphatic rings. The summed E-state index contributed by atoms with van der Waals surface area (Å²) in [6, 6.07) is 11.9. The van der Waals surface area contributed by atoms with Crippen LogP contribution in [0.5, 0.6) is 5.75 Å². The van der Waals surface area contributed by atoms with Crippen LogP contribution in [0.1, 0.15) is 38.2 Å². The van der Waals surface area contributed by atoms with E-state index in [1.54, 1.807) is 0 Å². The number of fused-ring (bicyclic) bond motifs is 1. The monoisotopic (exact) mass is 329 g/mol. The van der Waals surface area contributed by atoms with Crippen molar-refractivity contribution in [2.75, 3.05) is 6.61 Å². The van der Waals surface area contributed by atoms with Crippen molar-refractivity contribution >= 4 is 22.6 Å². The van der Waals surface area contributed by atoms with Gasteiger partial charge in [-0.25, -0.2) is 0 Å². The molecule has 128 valence electrons. The minimum atomic E-state index is -0.973. The fourth-order valence-corrected chi connectivity index (χ4v) is 2.46. The smallest absolute Gasteiger partial charge is 0.303 e. The number of benzene rings is 2. The summed E-state index contributed by atoms with van der Waals surface area (Å²) in [7, 11) is 0. The second-order valence-electron chi connectivity index (χ2n) is 5.64. The van der Waals surface area contributed by atoms with Crippen molar-refractivity contribution in [3.8, 4) is 5.75 Å². The van der Waals surface area contributed by atoms with E-state index < -0.39 is 5.97 Å². The molecule has 0 spiro atoms. The van der Waals surface area contributed by atoms with Crippen LogP contribution in [0, 0.1) is 0 Å². The fourth-order valence-electron chi connectivity index (χ4n) is 2.46. The molecule has 0 aliphatic heterocycles. The third kappa shape index (κ3) is 4.98. The lowest BCUT2D eigenvalue weighted by molar-refractivity contribution is -0.138. The quantitative estimate of drug-likeness (QED) is 0.690. The molecule has 0 unspecified atom stereocenters. The fraction of sp³-hybridized carbons (Fsp3) is 0.368. The minimum Gasteiger partial charge on any atom is -0.493 e. The van der Waals surface area contributed by atoms with Crippen LogP contribution >= 0.6 is 0 Å². The molecule has 0 aromatic heterocycles. The molecule has 2 aromatic rings. The molecule has 0 saturated heterocycles. The van der Waals surface area contributed by atoms with Crippen molar-refractivity contribution in [3.63, 3.8) is 0 Å². The maximum absolute atomic E-state index is 11.8. The number of carbonyl (C=O) groups excluding carboxylic acids is 1. The first-order chi connectivity index (χ1) is 11.6. The standard InChI is InChI=1S/C19H23NO4/c1-2-3-12-24-17-9-8-14-6-4-5-7-15(14)16(17)13-20-18(21)10-11-19(22)23/h4-9H,2-3,10-13H2,1H3,(H,20,21)(H,22,23). The van der Waals surface area contributed by atoms with Crippen LogP contribution < -0.4 is 10.1 Å². The largest absolute Gasteiger partial charge is 0.493 e. The molecule has 0 bridgehead atoms. The van der Waals surface area contributed by atoms with Gasteiger partial charge in [0.1, 0.15) is 5.75 Å². The molecule has 0 aliphatic carbocycles. The third-order valence-electron chi connectivity index (χ3n) is 3.78. The number of carboxylic acids is 1. The average molecular weight is 329 g/mol. The van der Waals surface area contributed by atoms with Gasteiger partial charge in [-0.05, 0) is 23.3 Å². The molecular formula is C19H23NO4. The zero-order valence-electron chi connectivity index (χ0n) is 13.9. The number of hydrogen-bond acceptors (Lipinski definition) is 3. The highest BCUT2D eigenvalue weighted by Gasteiger charge is 2.11. The summed E-state index contributed by atoms with van der Waals surface area (Å²) in [5, 5.41) is 13.6. The van der Waals surface area contributed by atoms with Crippen LogP contribution in [-0.2, 0) is 16.1 Å². The zero-order valence-corrected chi connectivity index (χ0v) is 13.9. The van der Waals surface area contributed by atoms with E-state index in [2.05, 4.69) is 12.2 Å². The van der Waals surface area contributed by atoms with E-state index >= 15 is 0 Å². The summed E-state index contributed by atoms with van der Waals surface area (Å²) < 4.78 is 5.87. The summed E-state index contributed by atoms with van der Waals surface area (Å²) in [6.45, 7) is 3.06. The molecule has 0 radical (unpaired) electrons. The predicted octanol–water partition coefficient (Wildman–Crippen LogP) is 3.50. The maximum Gasteiger partial charge on any atom is 0.303 e. The van der Waals surface area contributed by atoms with E-state index in [0.717, 1.165) is 34.9 Å². The van der Waals surface area contributed by atoms with E-state index in [1.165, 1.54) is 0 Å². The highest BCUT2D eigenvalue weighted by Crippen LogP contribution is 2.28. The Morgan fingerprint density at radius 2 is 1.92 bits per heavy atom. The van der Waals surface area contributed by atoms with Crippen molar-refractivity contribution in [2.24, 2.45) is 0 Å². The van der Waals surface area contributed by atoms with Gasteiger partial charge < -0.3 is 15.2 Å². The zero-order chi connectivity index (χ0) is 17.4. The van der Waals surface area contributed by atoms with Crippen molar-refractivity contribution < 1.29 is 19.4 Å². The SMILES string of the molecule is CCCCOc1ccc2ccccc2c1CNC(=O)CCC(=O)O. The molecule has 24 heavy (non-hydrogen) atoms. The van der Waals surface area contributed by atoms with Crippen LogP contribution in [0.3, 0.4) is 0 Å². The highest BCUT2D eigenvalue weighted by molar-refractivity contribution is 5.88. The summed E-state index contributed by atoms with van der Waals surface area (Å²) in [5.41, 5.74) is 0.924. The van der Waals surface area contributed by atoms with E-state index in [-0.39, 0.29) is 18.7 Å². The van der Waals surface area contributed by atoms with Gasteiger partial charge in [-0.2, -0.15) is 0 Å². The topological polar surface area (TPSA) is 75.6 Å². The molecule has 2 N–H and O–H groups in total. The molecule has 5 heteroatoms. The van der Waals surface area contributed by atoms with Crippen molar-refractivity contribution in [1.82, 2.24) is 5.32 Å². The lowest BCUT2D eigenvalue weighted by Gasteiger charge is -2.15. The Kier molecular flexibility index (Phi) is 6.61. The van der Waals surface area contributed by atoms with Crippen molar-refractivity contribution in [1.29, 1.82) is 0 Å². The Hall–Kier alpha value is -2.56. The lowest BCUT2D eigenvalue weighted by Crippen LogP contribution is -2.23. The molecule has 0 saturated carbocycles. The van der Waals surface area contributed by atoms with Gasteiger partial charge in [0, 0.05) is 18.5 Å². The number of unbranched alkanes of at least 4 members (excludes halogenated alkanes) is 1. The molecule has 2 rings (SSSR count). The number of ether oxygens (including phenoxy) is 1. The van der Waals surface area contributed by atoms with Crippen molar-refractivity contribution in [3.05, 3.63) is 42.0 Å². The Bertz CT molecular complexity index is 712. The highest BCUT2D eigenvalue weighted by atomic mass is 16.5. The number of carboxylic acid groups (broad SMARTS) is 1. The number of carbonyl (C=O) groups is 2. The third-order valence-corrected chi connectivity index (χ3v) is 3.78. The van der Waals surface area contributed by atoms with Gasteiger partial charge >= 0.3 is 5.97 Å². The Morgan fingerprint density at radius 1 is 1.12 bits per heavy atom. The van der Waals surface area contributed by atoms with E-state index in [1.807, 2.05) is 36.4 Å². The van der Waals surface area contributed by atoms with E-state index in [0.29, 0.717) is 13.2 Å². The van der Waals surface area contributed by atoms with Gasteiger partial charge in [0.25, 0.3) is 0 Å². The number of amides is 1. The average Bonchev–Trinajstić information content (AvgIpc) is 2.58. The molecule has 0 fully saturated rings. The number of rotatable bonds is 9. The predicted molar refractivity (Wildman–Crippen MR) is 93.1 cm³/mol. The second-order valence-corrected chi connectivity index (χ2v) is 5.64. The molecule has 5 nitrogen and oxygen atoms in total. The second kappa shape index (κ2) is 8.91. The first kappa shape index (κ1) is 17.8. The number of aliphatic carboxylic acids is 1. The van der Waals surface area contributed by atoms with Crippen LogP contribution in [0.15, 0.2) is 36.4 Å². The minimum absolute atomic E-state index is 0.0217. The van der Waals surface area contributed by atoms with Crippen LogP contribution in [0.2, 0.25) is 0 Å². The first-order valence-electron chi connectivity index (χ1n) is 8.23. The summed E-state index contributed by atoms with van der Waals surface area (Å²) in [5.74, 6) is -0.482. The van der Waals surface area contributed by atoms with Gasteiger partial charge in [-0.3, -0.25) is 9.59 Å². The summed E-state index contributed by atoms with van der Waals surface area (Å²) >= 11 is 0. The van der Waals surface area contributed by atoms with Crippen LogP contribution in [0.4, 0.5) is 0 Å². The molecular weight excluding hydrogens is 306 g/mol. The molecule has 2 aromatic carbocycles. The van der Waals surface area contributed by atoms with Gasteiger partial charge in [-0.1, -0.05) is 43.7 Å².